The van der Waals surface area contributed by atoms with Crippen molar-refractivity contribution in [3.05, 3.63) is 113 Å². The first-order valence-corrected chi connectivity index (χ1v) is 11.8. The van der Waals surface area contributed by atoms with E-state index in [1.54, 1.807) is 0 Å². The van der Waals surface area contributed by atoms with Crippen LogP contribution >= 0.6 is 0 Å². The van der Waals surface area contributed by atoms with Crippen molar-refractivity contribution in [2.45, 2.75) is 58.7 Å². The maximum atomic E-state index is 12.7. The van der Waals surface area contributed by atoms with E-state index in [1.807, 2.05) is 80.6 Å². The highest BCUT2D eigenvalue weighted by molar-refractivity contribution is 5.74. The van der Waals surface area contributed by atoms with E-state index in [4.69, 9.17) is 14.5 Å². The summed E-state index contributed by atoms with van der Waals surface area (Å²) >= 11 is 0. The Labute approximate surface area is 203 Å². The van der Waals surface area contributed by atoms with Gasteiger partial charge in [0, 0.05) is 5.56 Å². The molecule has 0 saturated carbocycles. The van der Waals surface area contributed by atoms with Gasteiger partial charge < -0.3 is 9.62 Å². The van der Waals surface area contributed by atoms with Crippen molar-refractivity contribution in [2.75, 3.05) is 0 Å². The molecule has 3 unspecified atom stereocenters. The van der Waals surface area contributed by atoms with E-state index in [9.17, 15) is 4.79 Å². The van der Waals surface area contributed by atoms with Gasteiger partial charge in [0.25, 0.3) is 0 Å². The molecule has 0 amide bonds. The number of benzene rings is 3. The van der Waals surface area contributed by atoms with Gasteiger partial charge in [0.2, 0.25) is 0 Å². The number of esters is 1. The highest BCUT2D eigenvalue weighted by Gasteiger charge is 2.16. The highest BCUT2D eigenvalue weighted by Crippen LogP contribution is 2.28. The first-order valence-electron chi connectivity index (χ1n) is 11.8. The first kappa shape index (κ1) is 25.3. The topological polar surface area (TPSA) is 44.8 Å². The molecule has 4 heteroatoms. The van der Waals surface area contributed by atoms with Gasteiger partial charge in [-0.2, -0.15) is 4.89 Å². The van der Waals surface area contributed by atoms with Gasteiger partial charge in [0.05, 0.1) is 6.42 Å². The van der Waals surface area contributed by atoms with E-state index in [1.165, 1.54) is 0 Å². The molecule has 0 aliphatic carbocycles. The third-order valence-electron chi connectivity index (χ3n) is 6.01. The minimum atomic E-state index is -0.308. The van der Waals surface area contributed by atoms with E-state index < -0.39 is 0 Å². The zero-order chi connectivity index (χ0) is 24.5. The SMILES string of the molecule is C=C(OOC(C)c1ccccc1)c1cc(CC(=O)OC(C)c2ccccc2)cc(C(C)CC)c1. The Morgan fingerprint density at radius 1 is 0.824 bits per heavy atom. The molecule has 34 heavy (non-hydrogen) atoms. The summed E-state index contributed by atoms with van der Waals surface area (Å²) in [5.74, 6) is 0.458. The number of ether oxygens (including phenoxy) is 1. The van der Waals surface area contributed by atoms with Gasteiger partial charge in [-0.15, -0.1) is 0 Å². The molecule has 0 bridgehead atoms. The number of carbonyl (C=O) groups is 1. The molecule has 3 rings (SSSR count). The van der Waals surface area contributed by atoms with Crippen LogP contribution in [-0.2, 0) is 25.7 Å². The zero-order valence-electron chi connectivity index (χ0n) is 20.5. The predicted molar refractivity (Wildman–Crippen MR) is 136 cm³/mol. The molecule has 0 aliphatic rings. The molecule has 0 aromatic heterocycles. The van der Waals surface area contributed by atoms with E-state index in [0.717, 1.165) is 34.2 Å². The zero-order valence-corrected chi connectivity index (χ0v) is 20.5. The third-order valence-corrected chi connectivity index (χ3v) is 6.01. The smallest absolute Gasteiger partial charge is 0.310 e. The summed E-state index contributed by atoms with van der Waals surface area (Å²) in [5.41, 5.74) is 4.76. The molecule has 4 nitrogen and oxygen atoms in total. The lowest BCUT2D eigenvalue weighted by Crippen LogP contribution is -2.12. The molecule has 3 aromatic carbocycles. The number of rotatable bonds is 11. The Morgan fingerprint density at radius 3 is 2.00 bits per heavy atom. The summed E-state index contributed by atoms with van der Waals surface area (Å²) < 4.78 is 5.68. The van der Waals surface area contributed by atoms with Crippen LogP contribution in [0.1, 0.15) is 80.1 Å². The fourth-order valence-electron chi connectivity index (χ4n) is 3.66. The predicted octanol–water partition coefficient (Wildman–Crippen LogP) is 7.73. The van der Waals surface area contributed by atoms with Crippen molar-refractivity contribution in [3.63, 3.8) is 0 Å². The maximum Gasteiger partial charge on any atom is 0.310 e. The molecule has 178 valence electrons. The Morgan fingerprint density at radius 2 is 1.41 bits per heavy atom. The molecule has 0 fully saturated rings. The highest BCUT2D eigenvalue weighted by atomic mass is 17.2. The van der Waals surface area contributed by atoms with Crippen LogP contribution in [0.15, 0.2) is 85.4 Å². The summed E-state index contributed by atoms with van der Waals surface area (Å²) in [6, 6.07) is 25.6. The van der Waals surface area contributed by atoms with Crippen LogP contribution in [0.3, 0.4) is 0 Å². The molecule has 0 aliphatic heterocycles. The van der Waals surface area contributed by atoms with Crippen molar-refractivity contribution in [1.82, 2.24) is 0 Å². The number of hydrogen-bond donors (Lipinski definition) is 0. The van der Waals surface area contributed by atoms with E-state index in [-0.39, 0.29) is 24.6 Å². The minimum Gasteiger partial charge on any atom is -0.458 e. The molecule has 0 heterocycles. The summed E-state index contributed by atoms with van der Waals surface area (Å²) in [6.07, 6.45) is 0.595. The largest absolute Gasteiger partial charge is 0.458 e. The fourth-order valence-corrected chi connectivity index (χ4v) is 3.66. The summed E-state index contributed by atoms with van der Waals surface area (Å²) in [5, 5.41) is 0. The number of hydrogen-bond acceptors (Lipinski definition) is 4. The molecule has 0 radical (unpaired) electrons. The molecule has 3 atom stereocenters. The van der Waals surface area contributed by atoms with Crippen LogP contribution in [0, 0.1) is 0 Å². The van der Waals surface area contributed by atoms with Crippen molar-refractivity contribution in [3.8, 4) is 0 Å². The van der Waals surface area contributed by atoms with Gasteiger partial charge >= 0.3 is 5.97 Å². The molecule has 0 spiro atoms. The molecule has 0 N–H and O–H groups in total. The molecular formula is C30H34O4. The molecule has 3 aromatic rings. The van der Waals surface area contributed by atoms with Gasteiger partial charge in [-0.25, -0.2) is 0 Å². The quantitative estimate of drug-likeness (QED) is 0.128. The minimum absolute atomic E-state index is 0.170. The lowest BCUT2D eigenvalue weighted by Gasteiger charge is -2.18. The fraction of sp³-hybridized carbons (Fsp3) is 0.300. The standard InChI is InChI=1S/C30H34O4/c1-6-21(2)28-17-25(19-30(31)32-22(3)26-13-9-7-10-14-26)18-29(20-28)24(5)34-33-23(4)27-15-11-8-12-16-27/h7-18,20-23H,5-6,19H2,1-4H3. The maximum absolute atomic E-state index is 12.7. The van der Waals surface area contributed by atoms with Gasteiger partial charge in [-0.1, -0.05) is 87.2 Å². The van der Waals surface area contributed by atoms with Crippen molar-refractivity contribution >= 4 is 11.7 Å². The van der Waals surface area contributed by atoms with Gasteiger partial charge in [-0.05, 0) is 60.6 Å². The lowest BCUT2D eigenvalue weighted by atomic mass is 9.93. The van der Waals surface area contributed by atoms with Crippen molar-refractivity contribution < 1.29 is 19.3 Å². The second-order valence-electron chi connectivity index (χ2n) is 8.65. The second kappa shape index (κ2) is 12.2. The van der Waals surface area contributed by atoms with Gasteiger partial charge in [0.1, 0.15) is 12.2 Å². The summed E-state index contributed by atoms with van der Waals surface area (Å²) in [6.45, 7) is 12.2. The Hall–Kier alpha value is -3.37. The van der Waals surface area contributed by atoms with Crippen molar-refractivity contribution in [2.24, 2.45) is 0 Å². The summed E-state index contributed by atoms with van der Waals surface area (Å²) in [4.78, 5) is 23.9. The van der Waals surface area contributed by atoms with Crippen LogP contribution in [0.25, 0.3) is 5.76 Å². The van der Waals surface area contributed by atoms with Crippen LogP contribution in [0.4, 0.5) is 0 Å². The van der Waals surface area contributed by atoms with Crippen LogP contribution in [-0.4, -0.2) is 5.97 Å². The lowest BCUT2D eigenvalue weighted by molar-refractivity contribution is -0.268. The summed E-state index contributed by atoms with van der Waals surface area (Å²) in [7, 11) is 0. The van der Waals surface area contributed by atoms with E-state index >= 15 is 0 Å². The Balaban J connectivity index is 1.71. The van der Waals surface area contributed by atoms with E-state index in [0.29, 0.717) is 11.7 Å². The van der Waals surface area contributed by atoms with Gasteiger partial charge in [-0.3, -0.25) is 4.79 Å². The average Bonchev–Trinajstić information content (AvgIpc) is 2.87. The third kappa shape index (κ3) is 7.06. The first-order chi connectivity index (χ1) is 16.4. The van der Waals surface area contributed by atoms with Crippen molar-refractivity contribution in [1.29, 1.82) is 0 Å². The Kier molecular flexibility index (Phi) is 9.06. The molecule has 0 saturated heterocycles. The molecular weight excluding hydrogens is 424 g/mol. The Bertz CT molecular complexity index is 1080. The number of carbonyl (C=O) groups excluding carboxylic acids is 1. The van der Waals surface area contributed by atoms with Crippen LogP contribution < -0.4 is 0 Å². The normalized spacial score (nSPS) is 13.5. The average molecular weight is 459 g/mol. The van der Waals surface area contributed by atoms with E-state index in [2.05, 4.69) is 32.6 Å². The second-order valence-corrected chi connectivity index (χ2v) is 8.65. The van der Waals surface area contributed by atoms with Crippen LogP contribution in [0.2, 0.25) is 0 Å². The van der Waals surface area contributed by atoms with Gasteiger partial charge in [0.15, 0.2) is 5.76 Å². The van der Waals surface area contributed by atoms with Crippen LogP contribution in [0.5, 0.6) is 0 Å². The monoisotopic (exact) mass is 458 g/mol.